The first-order chi connectivity index (χ1) is 14.1. The number of rotatable bonds is 7. The van der Waals surface area contributed by atoms with E-state index in [-0.39, 0.29) is 6.61 Å². The highest BCUT2D eigenvalue weighted by molar-refractivity contribution is 6.01. The van der Waals surface area contributed by atoms with Crippen molar-refractivity contribution in [2.45, 2.75) is 13.5 Å². The average Bonchev–Trinajstić information content (AvgIpc) is 2.72. The van der Waals surface area contributed by atoms with E-state index in [0.717, 1.165) is 11.1 Å². The summed E-state index contributed by atoms with van der Waals surface area (Å²) in [6.07, 6.45) is 0. The van der Waals surface area contributed by atoms with Crippen LogP contribution < -0.4 is 20.1 Å². The van der Waals surface area contributed by atoms with Gasteiger partial charge >= 0.3 is 6.03 Å². The summed E-state index contributed by atoms with van der Waals surface area (Å²) in [6, 6.07) is 23.4. The molecule has 148 valence electrons. The van der Waals surface area contributed by atoms with Crippen molar-refractivity contribution in [3.63, 3.8) is 0 Å². The van der Waals surface area contributed by atoms with Gasteiger partial charge in [0, 0.05) is 5.69 Å². The van der Waals surface area contributed by atoms with E-state index in [0.29, 0.717) is 23.8 Å². The van der Waals surface area contributed by atoms with Crippen molar-refractivity contribution in [3.8, 4) is 11.5 Å². The molecule has 0 aliphatic carbocycles. The SMILES string of the molecule is Cc1cccc(OCC(=O)NC(=O)Nc2ccc(OCc3ccccc3)cc2)c1. The second-order valence-electron chi connectivity index (χ2n) is 6.41. The first-order valence-corrected chi connectivity index (χ1v) is 9.15. The summed E-state index contributed by atoms with van der Waals surface area (Å²) in [6.45, 7) is 2.14. The maximum absolute atomic E-state index is 12.0. The first kappa shape index (κ1) is 19.9. The molecule has 0 aromatic heterocycles. The van der Waals surface area contributed by atoms with Gasteiger partial charge in [-0.2, -0.15) is 0 Å². The molecule has 0 fully saturated rings. The summed E-state index contributed by atoms with van der Waals surface area (Å²) in [7, 11) is 0. The van der Waals surface area contributed by atoms with Crippen molar-refractivity contribution in [2.24, 2.45) is 0 Å². The monoisotopic (exact) mass is 390 g/mol. The number of carbonyl (C=O) groups excluding carboxylic acids is 2. The Kier molecular flexibility index (Phi) is 6.84. The van der Waals surface area contributed by atoms with Crippen LogP contribution in [0, 0.1) is 6.92 Å². The van der Waals surface area contributed by atoms with Gasteiger partial charge in [0.2, 0.25) is 0 Å². The van der Waals surface area contributed by atoms with Crippen molar-refractivity contribution in [1.82, 2.24) is 5.32 Å². The number of benzene rings is 3. The fourth-order valence-electron chi connectivity index (χ4n) is 2.55. The Morgan fingerprint density at radius 3 is 2.31 bits per heavy atom. The molecule has 3 amide bonds. The van der Waals surface area contributed by atoms with Gasteiger partial charge in [0.25, 0.3) is 5.91 Å². The van der Waals surface area contributed by atoms with E-state index in [9.17, 15) is 9.59 Å². The van der Waals surface area contributed by atoms with Crippen molar-refractivity contribution in [3.05, 3.63) is 90.0 Å². The number of hydrogen-bond donors (Lipinski definition) is 2. The molecule has 0 aliphatic rings. The quantitative estimate of drug-likeness (QED) is 0.631. The smallest absolute Gasteiger partial charge is 0.325 e. The molecule has 0 spiro atoms. The van der Waals surface area contributed by atoms with Gasteiger partial charge in [0.05, 0.1) is 0 Å². The molecule has 2 N–H and O–H groups in total. The lowest BCUT2D eigenvalue weighted by Gasteiger charge is -2.10. The molecule has 0 unspecified atom stereocenters. The molecule has 6 nitrogen and oxygen atoms in total. The second-order valence-corrected chi connectivity index (χ2v) is 6.41. The minimum atomic E-state index is -0.624. The van der Waals surface area contributed by atoms with Crippen molar-refractivity contribution in [2.75, 3.05) is 11.9 Å². The minimum absolute atomic E-state index is 0.247. The van der Waals surface area contributed by atoms with Crippen LogP contribution in [0.5, 0.6) is 11.5 Å². The molecular formula is C23H22N2O4. The van der Waals surface area contributed by atoms with Gasteiger partial charge in [-0.05, 0) is 54.4 Å². The summed E-state index contributed by atoms with van der Waals surface area (Å²) >= 11 is 0. The van der Waals surface area contributed by atoms with E-state index in [1.807, 2.05) is 55.5 Å². The summed E-state index contributed by atoms with van der Waals surface area (Å²) in [5.74, 6) is 0.723. The van der Waals surface area contributed by atoms with Crippen LogP contribution >= 0.6 is 0 Å². The first-order valence-electron chi connectivity index (χ1n) is 9.15. The Labute approximate surface area is 169 Å². The number of carbonyl (C=O) groups is 2. The lowest BCUT2D eigenvalue weighted by atomic mass is 10.2. The maximum Gasteiger partial charge on any atom is 0.325 e. The van der Waals surface area contributed by atoms with Crippen LogP contribution in [0.1, 0.15) is 11.1 Å². The third-order valence-corrected chi connectivity index (χ3v) is 3.97. The van der Waals surface area contributed by atoms with E-state index < -0.39 is 11.9 Å². The van der Waals surface area contributed by atoms with Crippen LogP contribution in [-0.2, 0) is 11.4 Å². The Hall–Kier alpha value is -3.80. The highest BCUT2D eigenvalue weighted by Gasteiger charge is 2.09. The predicted octanol–water partition coefficient (Wildman–Crippen LogP) is 4.30. The molecule has 3 rings (SSSR count). The Morgan fingerprint density at radius 1 is 0.828 bits per heavy atom. The normalized spacial score (nSPS) is 10.1. The number of nitrogens with one attached hydrogen (secondary N) is 2. The molecular weight excluding hydrogens is 368 g/mol. The van der Waals surface area contributed by atoms with Gasteiger partial charge in [-0.15, -0.1) is 0 Å². The fourth-order valence-corrected chi connectivity index (χ4v) is 2.55. The molecule has 0 saturated heterocycles. The van der Waals surface area contributed by atoms with Gasteiger partial charge in [-0.25, -0.2) is 4.79 Å². The summed E-state index contributed by atoms with van der Waals surface area (Å²) in [4.78, 5) is 23.8. The molecule has 29 heavy (non-hydrogen) atoms. The summed E-state index contributed by atoms with van der Waals surface area (Å²) < 4.78 is 11.1. The number of hydrogen-bond acceptors (Lipinski definition) is 4. The predicted molar refractivity (Wildman–Crippen MR) is 111 cm³/mol. The number of amides is 3. The van der Waals surface area contributed by atoms with E-state index in [1.54, 1.807) is 30.3 Å². The zero-order valence-corrected chi connectivity index (χ0v) is 16.1. The summed E-state index contributed by atoms with van der Waals surface area (Å²) in [5.41, 5.74) is 2.64. The van der Waals surface area contributed by atoms with Crippen LogP contribution in [0.3, 0.4) is 0 Å². The van der Waals surface area contributed by atoms with E-state index in [4.69, 9.17) is 9.47 Å². The number of imide groups is 1. The minimum Gasteiger partial charge on any atom is -0.489 e. The molecule has 0 aliphatic heterocycles. The molecule has 0 saturated carbocycles. The maximum atomic E-state index is 12.0. The lowest BCUT2D eigenvalue weighted by Crippen LogP contribution is -2.37. The van der Waals surface area contributed by atoms with Crippen LogP contribution in [0.15, 0.2) is 78.9 Å². The molecule has 3 aromatic carbocycles. The van der Waals surface area contributed by atoms with E-state index in [1.165, 1.54) is 0 Å². The Bertz CT molecular complexity index is 956. The van der Waals surface area contributed by atoms with E-state index in [2.05, 4.69) is 10.6 Å². The zero-order chi connectivity index (χ0) is 20.5. The molecule has 0 radical (unpaired) electrons. The molecule has 3 aromatic rings. The van der Waals surface area contributed by atoms with E-state index >= 15 is 0 Å². The lowest BCUT2D eigenvalue weighted by molar-refractivity contribution is -0.121. The Balaban J connectivity index is 1.42. The van der Waals surface area contributed by atoms with Crippen LogP contribution in [0.25, 0.3) is 0 Å². The van der Waals surface area contributed by atoms with Gasteiger partial charge < -0.3 is 14.8 Å². The van der Waals surface area contributed by atoms with Crippen molar-refractivity contribution >= 4 is 17.6 Å². The number of aryl methyl sites for hydroxylation is 1. The standard InChI is InChI=1S/C23H22N2O4/c1-17-6-5-9-21(14-17)29-16-22(26)25-23(27)24-19-10-12-20(13-11-19)28-15-18-7-3-2-4-8-18/h2-14H,15-16H2,1H3,(H2,24,25,26,27). The molecule has 6 heteroatoms. The van der Waals surface area contributed by atoms with Gasteiger partial charge in [-0.1, -0.05) is 42.5 Å². The van der Waals surface area contributed by atoms with Crippen molar-refractivity contribution < 1.29 is 19.1 Å². The van der Waals surface area contributed by atoms with Gasteiger partial charge in [-0.3, -0.25) is 10.1 Å². The highest BCUT2D eigenvalue weighted by atomic mass is 16.5. The number of ether oxygens (including phenoxy) is 2. The third kappa shape index (κ3) is 6.70. The Morgan fingerprint density at radius 2 is 1.59 bits per heavy atom. The molecule has 0 bridgehead atoms. The third-order valence-electron chi connectivity index (χ3n) is 3.97. The number of urea groups is 1. The van der Waals surface area contributed by atoms with Crippen molar-refractivity contribution in [1.29, 1.82) is 0 Å². The molecule has 0 atom stereocenters. The van der Waals surface area contributed by atoms with Gasteiger partial charge in [0.15, 0.2) is 6.61 Å². The molecule has 0 heterocycles. The number of anilines is 1. The average molecular weight is 390 g/mol. The fraction of sp³-hybridized carbons (Fsp3) is 0.130. The topological polar surface area (TPSA) is 76.7 Å². The zero-order valence-electron chi connectivity index (χ0n) is 16.1. The summed E-state index contributed by atoms with van der Waals surface area (Å²) in [5, 5.41) is 4.83. The highest BCUT2D eigenvalue weighted by Crippen LogP contribution is 2.17. The largest absolute Gasteiger partial charge is 0.489 e. The van der Waals surface area contributed by atoms with Crippen LogP contribution in [-0.4, -0.2) is 18.5 Å². The van der Waals surface area contributed by atoms with Crippen LogP contribution in [0.2, 0.25) is 0 Å². The van der Waals surface area contributed by atoms with Crippen LogP contribution in [0.4, 0.5) is 10.5 Å². The second kappa shape index (κ2) is 9.94. The van der Waals surface area contributed by atoms with Gasteiger partial charge in [0.1, 0.15) is 18.1 Å².